The lowest BCUT2D eigenvalue weighted by Gasteiger charge is -2.31. The van der Waals surface area contributed by atoms with Gasteiger partial charge in [0.15, 0.2) is 6.61 Å². The third-order valence-electron chi connectivity index (χ3n) is 4.19. The summed E-state index contributed by atoms with van der Waals surface area (Å²) in [5, 5.41) is 2.73. The highest BCUT2D eigenvalue weighted by Crippen LogP contribution is 2.31. The predicted octanol–water partition coefficient (Wildman–Crippen LogP) is 3.15. The zero-order chi connectivity index (χ0) is 19.5. The SMILES string of the molecule is CC(C)C(=O)N1CCCc2ccc(NC(=O)COC(=O)C(C)(C)C)cc21. The highest BCUT2D eigenvalue weighted by molar-refractivity contribution is 5.98. The number of rotatable bonds is 4. The molecule has 0 spiro atoms. The van der Waals surface area contributed by atoms with Gasteiger partial charge in [0.05, 0.1) is 5.41 Å². The number of anilines is 2. The van der Waals surface area contributed by atoms with E-state index in [2.05, 4.69) is 5.32 Å². The zero-order valence-electron chi connectivity index (χ0n) is 16.2. The van der Waals surface area contributed by atoms with Gasteiger partial charge in [-0.1, -0.05) is 19.9 Å². The predicted molar refractivity (Wildman–Crippen MR) is 101 cm³/mol. The minimum Gasteiger partial charge on any atom is -0.455 e. The fourth-order valence-electron chi connectivity index (χ4n) is 2.74. The Kier molecular flexibility index (Phi) is 6.05. The molecule has 0 saturated carbocycles. The quantitative estimate of drug-likeness (QED) is 0.837. The Labute approximate surface area is 154 Å². The molecule has 0 aromatic heterocycles. The second-order valence-electron chi connectivity index (χ2n) is 7.97. The summed E-state index contributed by atoms with van der Waals surface area (Å²) < 4.78 is 5.03. The monoisotopic (exact) mass is 360 g/mol. The number of benzene rings is 1. The molecule has 0 aliphatic carbocycles. The van der Waals surface area contributed by atoms with E-state index in [9.17, 15) is 14.4 Å². The molecule has 1 aliphatic rings. The van der Waals surface area contributed by atoms with Crippen molar-refractivity contribution < 1.29 is 19.1 Å². The fraction of sp³-hybridized carbons (Fsp3) is 0.550. The van der Waals surface area contributed by atoms with Gasteiger partial charge in [-0.05, 0) is 51.3 Å². The highest BCUT2D eigenvalue weighted by atomic mass is 16.5. The molecule has 2 rings (SSSR count). The summed E-state index contributed by atoms with van der Waals surface area (Å²) in [5.41, 5.74) is 1.88. The number of nitrogens with one attached hydrogen (secondary N) is 1. The Morgan fingerprint density at radius 3 is 2.54 bits per heavy atom. The first-order valence-electron chi connectivity index (χ1n) is 9.01. The van der Waals surface area contributed by atoms with Gasteiger partial charge in [-0.2, -0.15) is 0 Å². The van der Waals surface area contributed by atoms with Crippen LogP contribution in [0, 0.1) is 11.3 Å². The number of hydrogen-bond acceptors (Lipinski definition) is 4. The van der Waals surface area contributed by atoms with Crippen molar-refractivity contribution in [2.45, 2.75) is 47.5 Å². The molecule has 6 heteroatoms. The van der Waals surface area contributed by atoms with E-state index in [4.69, 9.17) is 4.74 Å². The van der Waals surface area contributed by atoms with Crippen LogP contribution in [0.5, 0.6) is 0 Å². The second-order valence-corrected chi connectivity index (χ2v) is 7.97. The Morgan fingerprint density at radius 2 is 1.92 bits per heavy atom. The van der Waals surface area contributed by atoms with Gasteiger partial charge in [0.2, 0.25) is 5.91 Å². The van der Waals surface area contributed by atoms with Crippen LogP contribution in [0.3, 0.4) is 0 Å². The number of carbonyl (C=O) groups is 3. The molecule has 0 atom stereocenters. The summed E-state index contributed by atoms with van der Waals surface area (Å²) in [4.78, 5) is 38.1. The highest BCUT2D eigenvalue weighted by Gasteiger charge is 2.26. The molecule has 0 saturated heterocycles. The van der Waals surface area contributed by atoms with Crippen molar-refractivity contribution in [1.29, 1.82) is 0 Å². The second kappa shape index (κ2) is 7.89. The molecule has 0 fully saturated rings. The Bertz CT molecular complexity index is 704. The Balaban J connectivity index is 2.08. The number of carbonyl (C=O) groups excluding carboxylic acids is 3. The first kappa shape index (κ1) is 19.9. The molecule has 1 N–H and O–H groups in total. The van der Waals surface area contributed by atoms with E-state index in [1.807, 2.05) is 32.0 Å². The van der Waals surface area contributed by atoms with Crippen molar-refractivity contribution in [3.05, 3.63) is 23.8 Å². The van der Waals surface area contributed by atoms with Gasteiger partial charge in [-0.15, -0.1) is 0 Å². The number of ether oxygens (including phenoxy) is 1. The Hall–Kier alpha value is -2.37. The minimum absolute atomic E-state index is 0.0773. The van der Waals surface area contributed by atoms with Crippen molar-refractivity contribution in [3.8, 4) is 0 Å². The largest absolute Gasteiger partial charge is 0.455 e. The summed E-state index contributed by atoms with van der Waals surface area (Å²) >= 11 is 0. The van der Waals surface area contributed by atoms with Gasteiger partial charge in [0.25, 0.3) is 5.91 Å². The lowest BCUT2D eigenvalue weighted by molar-refractivity contribution is -0.155. The molecule has 1 aliphatic heterocycles. The first-order chi connectivity index (χ1) is 12.1. The van der Waals surface area contributed by atoms with Gasteiger partial charge in [0.1, 0.15) is 0 Å². The van der Waals surface area contributed by atoms with Crippen LogP contribution in [0.25, 0.3) is 0 Å². The van der Waals surface area contributed by atoms with E-state index in [1.165, 1.54) is 0 Å². The minimum atomic E-state index is -0.649. The van der Waals surface area contributed by atoms with Gasteiger partial charge in [-0.25, -0.2) is 0 Å². The number of fused-ring (bicyclic) bond motifs is 1. The van der Waals surface area contributed by atoms with Crippen LogP contribution in [0.2, 0.25) is 0 Å². The molecule has 1 aromatic rings. The maximum absolute atomic E-state index is 12.4. The number of hydrogen-bond donors (Lipinski definition) is 1. The molecule has 0 bridgehead atoms. The van der Waals surface area contributed by atoms with Crippen molar-refractivity contribution in [3.63, 3.8) is 0 Å². The topological polar surface area (TPSA) is 75.7 Å². The van der Waals surface area contributed by atoms with Gasteiger partial charge in [0, 0.05) is 23.8 Å². The average molecular weight is 360 g/mol. The maximum Gasteiger partial charge on any atom is 0.311 e. The number of amides is 2. The summed E-state index contributed by atoms with van der Waals surface area (Å²) in [6, 6.07) is 5.57. The van der Waals surface area contributed by atoms with E-state index in [1.54, 1.807) is 25.7 Å². The number of aryl methyl sites for hydroxylation is 1. The first-order valence-corrected chi connectivity index (χ1v) is 9.01. The van der Waals surface area contributed by atoms with Crippen molar-refractivity contribution in [2.24, 2.45) is 11.3 Å². The summed E-state index contributed by atoms with van der Waals surface area (Å²) in [7, 11) is 0. The number of esters is 1. The third-order valence-corrected chi connectivity index (χ3v) is 4.19. The molecule has 2 amide bonds. The van der Waals surface area contributed by atoms with Crippen molar-refractivity contribution >= 4 is 29.2 Å². The van der Waals surface area contributed by atoms with E-state index >= 15 is 0 Å². The lowest BCUT2D eigenvalue weighted by atomic mass is 9.97. The van der Waals surface area contributed by atoms with Gasteiger partial charge in [-0.3, -0.25) is 14.4 Å². The van der Waals surface area contributed by atoms with Crippen LogP contribution >= 0.6 is 0 Å². The van der Waals surface area contributed by atoms with E-state index in [0.29, 0.717) is 12.2 Å². The molecular weight excluding hydrogens is 332 g/mol. The molecule has 6 nitrogen and oxygen atoms in total. The number of nitrogens with zero attached hydrogens (tertiary/aromatic N) is 1. The standard InChI is InChI=1S/C20H28N2O4/c1-13(2)18(24)22-10-6-7-14-8-9-15(11-16(14)22)21-17(23)12-26-19(25)20(3,4)5/h8-9,11,13H,6-7,10,12H2,1-5H3,(H,21,23). The van der Waals surface area contributed by atoms with Crippen LogP contribution in [0.15, 0.2) is 18.2 Å². The van der Waals surface area contributed by atoms with Crippen LogP contribution in [0.4, 0.5) is 11.4 Å². The third kappa shape index (κ3) is 4.84. The van der Waals surface area contributed by atoms with E-state index in [-0.39, 0.29) is 18.4 Å². The molecule has 0 unspecified atom stereocenters. The van der Waals surface area contributed by atoms with Gasteiger partial charge >= 0.3 is 5.97 Å². The smallest absolute Gasteiger partial charge is 0.311 e. The van der Waals surface area contributed by atoms with Crippen LogP contribution < -0.4 is 10.2 Å². The fourth-order valence-corrected chi connectivity index (χ4v) is 2.74. The van der Waals surface area contributed by atoms with E-state index in [0.717, 1.165) is 24.1 Å². The maximum atomic E-state index is 12.4. The van der Waals surface area contributed by atoms with Crippen LogP contribution in [-0.2, 0) is 25.5 Å². The van der Waals surface area contributed by atoms with E-state index < -0.39 is 17.3 Å². The van der Waals surface area contributed by atoms with Crippen molar-refractivity contribution in [1.82, 2.24) is 0 Å². The Morgan fingerprint density at radius 1 is 1.23 bits per heavy atom. The summed E-state index contributed by atoms with van der Waals surface area (Å²) in [6.07, 6.45) is 1.84. The molecule has 142 valence electrons. The molecule has 1 heterocycles. The molecule has 0 radical (unpaired) electrons. The molecular formula is C20H28N2O4. The average Bonchev–Trinajstić information content (AvgIpc) is 2.57. The molecule has 1 aromatic carbocycles. The van der Waals surface area contributed by atoms with Crippen LogP contribution in [-0.4, -0.2) is 30.9 Å². The van der Waals surface area contributed by atoms with Gasteiger partial charge < -0.3 is 15.0 Å². The lowest BCUT2D eigenvalue weighted by Crippen LogP contribution is -2.38. The summed E-state index contributed by atoms with van der Waals surface area (Å²) in [6.45, 7) is 9.31. The van der Waals surface area contributed by atoms with Crippen molar-refractivity contribution in [2.75, 3.05) is 23.4 Å². The van der Waals surface area contributed by atoms with Crippen LogP contribution in [0.1, 0.15) is 46.6 Å². The summed E-state index contributed by atoms with van der Waals surface area (Å²) in [5.74, 6) is -0.837. The molecule has 26 heavy (non-hydrogen) atoms. The normalized spacial score (nSPS) is 14.0. The zero-order valence-corrected chi connectivity index (χ0v) is 16.2.